The zero-order valence-corrected chi connectivity index (χ0v) is 11.3. The predicted octanol–water partition coefficient (Wildman–Crippen LogP) is 2.42. The average molecular weight is 260 g/mol. The van der Waals surface area contributed by atoms with Gasteiger partial charge in [-0.3, -0.25) is 4.79 Å². The summed E-state index contributed by atoms with van der Waals surface area (Å²) in [6.45, 7) is 4.17. The molecule has 1 saturated carbocycles. The van der Waals surface area contributed by atoms with Crippen LogP contribution >= 0.6 is 11.6 Å². The van der Waals surface area contributed by atoms with Gasteiger partial charge in [-0.2, -0.15) is 0 Å². The van der Waals surface area contributed by atoms with Crippen molar-refractivity contribution in [3.63, 3.8) is 0 Å². The molecular formula is C13H22ClNO2. The standard InChI is InChI=1S/C13H22ClNO2/c1-2-13(5-3-4-6-13)12(16)15-7-8-17-11(9-14)10-15/h11H,2-10H2,1H3. The molecule has 0 radical (unpaired) electrons. The molecule has 0 bridgehead atoms. The maximum Gasteiger partial charge on any atom is 0.228 e. The number of carbonyl (C=O) groups excluding carboxylic acids is 1. The van der Waals surface area contributed by atoms with Gasteiger partial charge >= 0.3 is 0 Å². The molecule has 1 aliphatic carbocycles. The second-order valence-electron chi connectivity index (χ2n) is 5.24. The molecule has 17 heavy (non-hydrogen) atoms. The number of nitrogens with zero attached hydrogens (tertiary/aromatic N) is 1. The first kappa shape index (κ1) is 13.2. The van der Waals surface area contributed by atoms with E-state index in [-0.39, 0.29) is 11.5 Å². The molecule has 2 aliphatic rings. The SMILES string of the molecule is CCC1(C(=O)N2CCOC(CCl)C2)CCCC1. The van der Waals surface area contributed by atoms with Crippen LogP contribution in [0.15, 0.2) is 0 Å². The summed E-state index contributed by atoms with van der Waals surface area (Å²) in [7, 11) is 0. The highest BCUT2D eigenvalue weighted by atomic mass is 35.5. The van der Waals surface area contributed by atoms with Gasteiger partial charge in [-0.15, -0.1) is 11.6 Å². The van der Waals surface area contributed by atoms with E-state index < -0.39 is 0 Å². The van der Waals surface area contributed by atoms with E-state index in [4.69, 9.17) is 16.3 Å². The topological polar surface area (TPSA) is 29.5 Å². The fourth-order valence-electron chi connectivity index (χ4n) is 3.10. The molecule has 1 amide bonds. The van der Waals surface area contributed by atoms with Crippen molar-refractivity contribution in [1.82, 2.24) is 4.90 Å². The molecule has 1 saturated heterocycles. The summed E-state index contributed by atoms with van der Waals surface area (Å²) >= 11 is 5.82. The third-order valence-corrected chi connectivity index (χ3v) is 4.63. The molecule has 1 heterocycles. The Morgan fingerprint density at radius 2 is 2.18 bits per heavy atom. The van der Waals surface area contributed by atoms with E-state index >= 15 is 0 Å². The number of carbonyl (C=O) groups is 1. The van der Waals surface area contributed by atoms with Crippen molar-refractivity contribution in [1.29, 1.82) is 0 Å². The molecular weight excluding hydrogens is 238 g/mol. The lowest BCUT2D eigenvalue weighted by Gasteiger charge is -2.38. The maximum absolute atomic E-state index is 12.6. The molecule has 0 aromatic carbocycles. The van der Waals surface area contributed by atoms with Gasteiger partial charge in [-0.25, -0.2) is 0 Å². The Kier molecular flexibility index (Phi) is 4.31. The van der Waals surface area contributed by atoms with E-state index in [0.29, 0.717) is 24.9 Å². The van der Waals surface area contributed by atoms with Crippen LogP contribution in [0.25, 0.3) is 0 Å². The summed E-state index contributed by atoms with van der Waals surface area (Å²) in [5.74, 6) is 0.819. The number of alkyl halides is 1. The molecule has 0 aromatic rings. The molecule has 1 aliphatic heterocycles. The third-order valence-electron chi connectivity index (χ3n) is 4.29. The molecule has 0 aromatic heterocycles. The van der Waals surface area contributed by atoms with Gasteiger partial charge in [0.1, 0.15) is 0 Å². The van der Waals surface area contributed by atoms with Crippen molar-refractivity contribution >= 4 is 17.5 Å². The molecule has 1 atom stereocenters. The van der Waals surface area contributed by atoms with Crippen LogP contribution in [0.5, 0.6) is 0 Å². The highest BCUT2D eigenvalue weighted by molar-refractivity contribution is 6.18. The number of halogens is 1. The first-order chi connectivity index (χ1) is 8.22. The summed E-state index contributed by atoms with van der Waals surface area (Å²) in [6.07, 6.45) is 5.50. The van der Waals surface area contributed by atoms with E-state index in [0.717, 1.165) is 25.8 Å². The Morgan fingerprint density at radius 3 is 2.76 bits per heavy atom. The second kappa shape index (κ2) is 5.57. The minimum atomic E-state index is -0.0752. The maximum atomic E-state index is 12.6. The summed E-state index contributed by atoms with van der Waals surface area (Å²) < 4.78 is 5.51. The summed E-state index contributed by atoms with van der Waals surface area (Å²) in [4.78, 5) is 14.6. The number of ether oxygens (including phenoxy) is 1. The van der Waals surface area contributed by atoms with Gasteiger partial charge in [-0.05, 0) is 19.3 Å². The predicted molar refractivity (Wildman–Crippen MR) is 68.2 cm³/mol. The zero-order valence-electron chi connectivity index (χ0n) is 10.6. The van der Waals surface area contributed by atoms with Crippen molar-refractivity contribution < 1.29 is 9.53 Å². The van der Waals surface area contributed by atoms with Crippen molar-refractivity contribution in [2.75, 3.05) is 25.6 Å². The van der Waals surface area contributed by atoms with Crippen LogP contribution in [-0.2, 0) is 9.53 Å². The molecule has 0 spiro atoms. The minimum absolute atomic E-state index is 0.0182. The van der Waals surface area contributed by atoms with Crippen molar-refractivity contribution in [2.45, 2.75) is 45.1 Å². The van der Waals surface area contributed by atoms with Gasteiger partial charge in [0.05, 0.1) is 18.6 Å². The number of rotatable bonds is 3. The Labute approximate surface area is 108 Å². The van der Waals surface area contributed by atoms with Crippen LogP contribution in [0.2, 0.25) is 0 Å². The number of hydrogen-bond acceptors (Lipinski definition) is 2. The molecule has 3 nitrogen and oxygen atoms in total. The lowest BCUT2D eigenvalue weighted by atomic mass is 9.81. The van der Waals surface area contributed by atoms with Crippen LogP contribution in [-0.4, -0.2) is 42.5 Å². The van der Waals surface area contributed by atoms with Crippen molar-refractivity contribution in [3.05, 3.63) is 0 Å². The van der Waals surface area contributed by atoms with Gasteiger partial charge in [0, 0.05) is 18.5 Å². The Hall–Kier alpha value is -0.280. The minimum Gasteiger partial charge on any atom is -0.373 e. The molecule has 1 unspecified atom stereocenters. The first-order valence-electron chi connectivity index (χ1n) is 6.69. The van der Waals surface area contributed by atoms with Crippen LogP contribution in [0.4, 0.5) is 0 Å². The Morgan fingerprint density at radius 1 is 1.47 bits per heavy atom. The zero-order chi connectivity index (χ0) is 12.3. The number of morpholine rings is 1. The van der Waals surface area contributed by atoms with Gasteiger partial charge in [0.2, 0.25) is 5.91 Å². The molecule has 4 heteroatoms. The van der Waals surface area contributed by atoms with Gasteiger partial charge in [-0.1, -0.05) is 19.8 Å². The van der Waals surface area contributed by atoms with E-state index in [1.165, 1.54) is 12.8 Å². The number of hydrogen-bond donors (Lipinski definition) is 0. The van der Waals surface area contributed by atoms with Crippen LogP contribution < -0.4 is 0 Å². The summed E-state index contributed by atoms with van der Waals surface area (Å²) in [6, 6.07) is 0. The molecule has 2 fully saturated rings. The van der Waals surface area contributed by atoms with Crippen LogP contribution in [0.1, 0.15) is 39.0 Å². The quantitative estimate of drug-likeness (QED) is 0.729. The van der Waals surface area contributed by atoms with Crippen molar-refractivity contribution in [3.8, 4) is 0 Å². The molecule has 98 valence electrons. The second-order valence-corrected chi connectivity index (χ2v) is 5.55. The molecule has 2 rings (SSSR count). The third kappa shape index (κ3) is 2.60. The lowest BCUT2D eigenvalue weighted by Crippen LogP contribution is -2.51. The first-order valence-corrected chi connectivity index (χ1v) is 7.22. The van der Waals surface area contributed by atoms with E-state index in [2.05, 4.69) is 6.92 Å². The molecule has 0 N–H and O–H groups in total. The lowest BCUT2D eigenvalue weighted by molar-refractivity contribution is -0.149. The normalized spacial score (nSPS) is 28.4. The van der Waals surface area contributed by atoms with E-state index in [1.807, 2.05) is 4.90 Å². The monoisotopic (exact) mass is 259 g/mol. The fourth-order valence-corrected chi connectivity index (χ4v) is 3.29. The van der Waals surface area contributed by atoms with Gasteiger partial charge in [0.25, 0.3) is 0 Å². The largest absolute Gasteiger partial charge is 0.373 e. The summed E-state index contributed by atoms with van der Waals surface area (Å²) in [5, 5.41) is 0. The van der Waals surface area contributed by atoms with Gasteiger partial charge < -0.3 is 9.64 Å². The summed E-state index contributed by atoms with van der Waals surface area (Å²) in [5.41, 5.74) is -0.0752. The Balaban J connectivity index is 2.03. The fraction of sp³-hybridized carbons (Fsp3) is 0.923. The highest BCUT2D eigenvalue weighted by Gasteiger charge is 2.42. The van der Waals surface area contributed by atoms with Crippen molar-refractivity contribution in [2.24, 2.45) is 5.41 Å². The average Bonchev–Trinajstić information content (AvgIpc) is 2.88. The van der Waals surface area contributed by atoms with E-state index in [9.17, 15) is 4.79 Å². The van der Waals surface area contributed by atoms with Gasteiger partial charge in [0.15, 0.2) is 0 Å². The number of amides is 1. The smallest absolute Gasteiger partial charge is 0.228 e. The van der Waals surface area contributed by atoms with Crippen LogP contribution in [0.3, 0.4) is 0 Å². The highest BCUT2D eigenvalue weighted by Crippen LogP contribution is 2.42. The van der Waals surface area contributed by atoms with E-state index in [1.54, 1.807) is 0 Å². The van der Waals surface area contributed by atoms with Crippen LogP contribution in [0, 0.1) is 5.41 Å². The Bertz CT molecular complexity index is 277.